The van der Waals surface area contributed by atoms with Gasteiger partial charge in [-0.2, -0.15) is 0 Å². The number of allylic oxidation sites excluding steroid dienone is 2. The second-order valence-electron chi connectivity index (χ2n) is 9.66. The third kappa shape index (κ3) is 3.59. The Labute approximate surface area is 199 Å². The van der Waals surface area contributed by atoms with Gasteiger partial charge in [-0.25, -0.2) is 0 Å². The van der Waals surface area contributed by atoms with Gasteiger partial charge in [0, 0.05) is 37.3 Å². The second kappa shape index (κ2) is 8.87. The van der Waals surface area contributed by atoms with Crippen molar-refractivity contribution < 1.29 is 14.7 Å². The molecule has 5 rings (SSSR count). The van der Waals surface area contributed by atoms with Crippen LogP contribution >= 0.6 is 0 Å². The predicted molar refractivity (Wildman–Crippen MR) is 129 cm³/mol. The first-order valence-corrected chi connectivity index (χ1v) is 12.1. The standard InChI is InChI=1S/C27H31N3O4/c1-16(18-8-4-3-5-9-18)28-26(33)24-21(15-31)23-14-29-22(25(24)30(23)17(2)32)13-12-20(27(29)34)19-10-6-7-11-19/h3-5,8-10,12-13,16,21,23-25,31H,6-7,11,14-15H2,1-2H3,(H,28,33)/t16-,21-,23-,24+,25+/m0/s1. The molecule has 2 aliphatic heterocycles. The third-order valence-corrected chi connectivity index (χ3v) is 7.76. The molecular weight excluding hydrogens is 430 g/mol. The molecule has 0 spiro atoms. The summed E-state index contributed by atoms with van der Waals surface area (Å²) in [5.74, 6) is -1.46. The zero-order valence-corrected chi connectivity index (χ0v) is 19.6. The molecule has 1 aromatic heterocycles. The number of benzene rings is 1. The first-order chi connectivity index (χ1) is 16.4. The van der Waals surface area contributed by atoms with Gasteiger partial charge in [0.05, 0.1) is 24.0 Å². The molecule has 34 heavy (non-hydrogen) atoms. The summed E-state index contributed by atoms with van der Waals surface area (Å²) in [5, 5.41) is 13.4. The number of aliphatic hydroxyl groups is 1. The number of nitrogens with one attached hydrogen (secondary N) is 1. The van der Waals surface area contributed by atoms with Crippen molar-refractivity contribution in [1.82, 2.24) is 14.8 Å². The van der Waals surface area contributed by atoms with Crippen LogP contribution in [0.3, 0.4) is 0 Å². The van der Waals surface area contributed by atoms with Gasteiger partial charge in [-0.3, -0.25) is 14.4 Å². The molecule has 1 aromatic carbocycles. The number of rotatable bonds is 5. The zero-order valence-electron chi connectivity index (χ0n) is 19.6. The first kappa shape index (κ1) is 22.6. The van der Waals surface area contributed by atoms with Crippen molar-refractivity contribution in [2.45, 2.75) is 57.8 Å². The normalized spacial score (nSPS) is 26.1. The molecule has 0 radical (unpaired) electrons. The summed E-state index contributed by atoms with van der Waals surface area (Å²) < 4.78 is 1.74. The molecule has 3 heterocycles. The van der Waals surface area contributed by atoms with E-state index >= 15 is 0 Å². The highest BCUT2D eigenvalue weighted by Gasteiger charge is 2.56. The van der Waals surface area contributed by atoms with Crippen LogP contribution in [0.5, 0.6) is 0 Å². The van der Waals surface area contributed by atoms with Gasteiger partial charge in [0.1, 0.15) is 0 Å². The van der Waals surface area contributed by atoms with Crippen molar-refractivity contribution >= 4 is 17.4 Å². The molecule has 1 fully saturated rings. The maximum atomic E-state index is 13.6. The second-order valence-corrected chi connectivity index (χ2v) is 9.66. The fourth-order valence-corrected chi connectivity index (χ4v) is 6.13. The highest BCUT2D eigenvalue weighted by molar-refractivity contribution is 5.84. The van der Waals surface area contributed by atoms with E-state index in [1.54, 1.807) is 9.47 Å². The van der Waals surface area contributed by atoms with E-state index in [-0.39, 0.29) is 36.6 Å². The Kier molecular flexibility index (Phi) is 5.90. The van der Waals surface area contributed by atoms with Crippen LogP contribution < -0.4 is 10.9 Å². The number of nitrogens with zero attached hydrogens (tertiary/aromatic N) is 2. The summed E-state index contributed by atoms with van der Waals surface area (Å²) in [7, 11) is 0. The van der Waals surface area contributed by atoms with E-state index in [1.807, 2.05) is 49.4 Å². The van der Waals surface area contributed by atoms with Crippen LogP contribution in [-0.4, -0.2) is 39.0 Å². The Morgan fingerprint density at radius 3 is 2.59 bits per heavy atom. The Balaban J connectivity index is 1.54. The van der Waals surface area contributed by atoms with Crippen LogP contribution in [-0.2, 0) is 16.1 Å². The van der Waals surface area contributed by atoms with Crippen molar-refractivity contribution in [2.24, 2.45) is 11.8 Å². The SMILES string of the molecule is CC(=O)N1[C@@H]2c3ccc(C4=CCCC4)c(=O)n3C[C@H]1[C@H](CO)[C@H]2C(=O)N[C@@H](C)c1ccccc1. The average molecular weight is 462 g/mol. The minimum absolute atomic E-state index is 0.0701. The minimum atomic E-state index is -0.644. The van der Waals surface area contributed by atoms with Crippen LogP contribution in [0.1, 0.15) is 62.0 Å². The predicted octanol–water partition coefficient (Wildman–Crippen LogP) is 2.80. The quantitative estimate of drug-likeness (QED) is 0.716. The number of carbonyl (C=O) groups is 2. The Bertz CT molecular complexity index is 1200. The van der Waals surface area contributed by atoms with Crippen molar-refractivity contribution in [3.63, 3.8) is 0 Å². The highest BCUT2D eigenvalue weighted by Crippen LogP contribution is 2.48. The Hall–Kier alpha value is -3.19. The van der Waals surface area contributed by atoms with Crippen molar-refractivity contribution in [1.29, 1.82) is 0 Å². The average Bonchev–Trinajstić information content (AvgIpc) is 3.44. The van der Waals surface area contributed by atoms with Crippen molar-refractivity contribution in [3.8, 4) is 0 Å². The zero-order chi connectivity index (χ0) is 24.0. The lowest BCUT2D eigenvalue weighted by molar-refractivity contribution is -0.134. The lowest BCUT2D eigenvalue weighted by atomic mass is 9.86. The number of fused-ring (bicyclic) bond motifs is 4. The molecule has 2 bridgehead atoms. The van der Waals surface area contributed by atoms with Crippen molar-refractivity contribution in [3.05, 3.63) is 75.7 Å². The third-order valence-electron chi connectivity index (χ3n) is 7.76. The number of aliphatic hydroxyl groups excluding tert-OH is 1. The summed E-state index contributed by atoms with van der Waals surface area (Å²) in [6.07, 6.45) is 5.05. The maximum Gasteiger partial charge on any atom is 0.258 e. The molecule has 0 saturated carbocycles. The summed E-state index contributed by atoms with van der Waals surface area (Å²) in [4.78, 5) is 41.5. The van der Waals surface area contributed by atoms with E-state index in [9.17, 15) is 19.5 Å². The molecular formula is C27H31N3O4. The Morgan fingerprint density at radius 2 is 1.94 bits per heavy atom. The van der Waals surface area contributed by atoms with Crippen LogP contribution in [0.25, 0.3) is 5.57 Å². The van der Waals surface area contributed by atoms with E-state index in [4.69, 9.17) is 0 Å². The first-order valence-electron chi connectivity index (χ1n) is 12.1. The molecule has 1 saturated heterocycles. The van der Waals surface area contributed by atoms with E-state index < -0.39 is 23.9 Å². The van der Waals surface area contributed by atoms with Gasteiger partial charge in [0.25, 0.3) is 5.56 Å². The molecule has 5 atom stereocenters. The molecule has 3 aliphatic rings. The van der Waals surface area contributed by atoms with Gasteiger partial charge in [0.15, 0.2) is 0 Å². The molecule has 2 aromatic rings. The minimum Gasteiger partial charge on any atom is -0.396 e. The van der Waals surface area contributed by atoms with Crippen LogP contribution in [0.2, 0.25) is 0 Å². The Morgan fingerprint density at radius 1 is 1.18 bits per heavy atom. The van der Waals surface area contributed by atoms with E-state index in [2.05, 4.69) is 11.4 Å². The topological polar surface area (TPSA) is 91.6 Å². The molecule has 1 aliphatic carbocycles. The molecule has 7 nitrogen and oxygen atoms in total. The molecule has 2 N–H and O–H groups in total. The van der Waals surface area contributed by atoms with E-state index in [0.717, 1.165) is 30.4 Å². The summed E-state index contributed by atoms with van der Waals surface area (Å²) in [6.45, 7) is 3.47. The van der Waals surface area contributed by atoms with Gasteiger partial charge < -0.3 is 19.9 Å². The lowest BCUT2D eigenvalue weighted by Gasteiger charge is -2.37. The van der Waals surface area contributed by atoms with Gasteiger partial charge in [0.2, 0.25) is 11.8 Å². The number of hydrogen-bond donors (Lipinski definition) is 2. The largest absolute Gasteiger partial charge is 0.396 e. The number of pyridine rings is 1. The lowest BCUT2D eigenvalue weighted by Crippen LogP contribution is -2.48. The number of amides is 2. The van der Waals surface area contributed by atoms with Crippen LogP contribution in [0, 0.1) is 11.8 Å². The number of carbonyl (C=O) groups excluding carboxylic acids is 2. The van der Waals surface area contributed by atoms with E-state index in [1.165, 1.54) is 6.92 Å². The van der Waals surface area contributed by atoms with Crippen LogP contribution in [0.4, 0.5) is 0 Å². The summed E-state index contributed by atoms with van der Waals surface area (Å²) in [6, 6.07) is 12.2. The molecule has 0 unspecified atom stereocenters. The maximum absolute atomic E-state index is 13.6. The number of hydrogen-bond acceptors (Lipinski definition) is 4. The van der Waals surface area contributed by atoms with Gasteiger partial charge >= 0.3 is 0 Å². The molecule has 178 valence electrons. The summed E-state index contributed by atoms with van der Waals surface area (Å²) in [5.41, 5.74) is 3.36. The van der Waals surface area contributed by atoms with Gasteiger partial charge in [-0.05, 0) is 49.5 Å². The number of aromatic nitrogens is 1. The molecule has 7 heteroatoms. The fraction of sp³-hybridized carbons (Fsp3) is 0.444. The van der Waals surface area contributed by atoms with E-state index in [0.29, 0.717) is 11.3 Å². The summed E-state index contributed by atoms with van der Waals surface area (Å²) >= 11 is 0. The monoisotopic (exact) mass is 461 g/mol. The van der Waals surface area contributed by atoms with Gasteiger partial charge in [-0.1, -0.05) is 36.4 Å². The highest BCUT2D eigenvalue weighted by atomic mass is 16.3. The molecule has 2 amide bonds. The van der Waals surface area contributed by atoms with Gasteiger partial charge in [-0.15, -0.1) is 0 Å². The fourth-order valence-electron chi connectivity index (χ4n) is 6.13. The van der Waals surface area contributed by atoms with Crippen molar-refractivity contribution in [2.75, 3.05) is 6.61 Å². The van der Waals surface area contributed by atoms with Crippen LogP contribution in [0.15, 0.2) is 53.3 Å². The smallest absolute Gasteiger partial charge is 0.258 e.